The molecule has 134 valence electrons. The molecule has 0 saturated heterocycles. The first-order valence-electron chi connectivity index (χ1n) is 9.12. The van der Waals surface area contributed by atoms with Crippen LogP contribution < -0.4 is 4.74 Å². The van der Waals surface area contributed by atoms with Gasteiger partial charge in [0.1, 0.15) is 11.9 Å². The number of nitrogens with zero attached hydrogens (tertiary/aromatic N) is 3. The second-order valence-corrected chi connectivity index (χ2v) is 6.71. The molecule has 0 amide bonds. The lowest BCUT2D eigenvalue weighted by Crippen LogP contribution is -2.16. The molecule has 26 heavy (non-hydrogen) atoms. The van der Waals surface area contributed by atoms with E-state index in [1.54, 1.807) is 18.5 Å². The fourth-order valence-corrected chi connectivity index (χ4v) is 3.39. The van der Waals surface area contributed by atoms with Crippen molar-refractivity contribution in [2.24, 2.45) is 0 Å². The topological polar surface area (TPSA) is 83.9 Å². The minimum atomic E-state index is 0.162. The average Bonchev–Trinajstić information content (AvgIpc) is 3.08. The van der Waals surface area contributed by atoms with Crippen LogP contribution in [0.25, 0.3) is 22.4 Å². The van der Waals surface area contributed by atoms with Gasteiger partial charge in [-0.2, -0.15) is 5.10 Å². The maximum atomic E-state index is 10.4. The summed E-state index contributed by atoms with van der Waals surface area (Å²) in [5.41, 5.74) is 3.08. The third kappa shape index (κ3) is 3.69. The van der Waals surface area contributed by atoms with E-state index >= 15 is 0 Å². The number of benzene rings is 1. The Hall–Kier alpha value is -2.89. The van der Waals surface area contributed by atoms with Crippen LogP contribution >= 0.6 is 0 Å². The number of aromatic hydroxyl groups is 1. The van der Waals surface area contributed by atoms with Gasteiger partial charge in [-0.25, -0.2) is 0 Å². The summed E-state index contributed by atoms with van der Waals surface area (Å²) in [5, 5.41) is 25.5. The van der Waals surface area contributed by atoms with Crippen molar-refractivity contribution in [3.05, 3.63) is 42.7 Å². The number of phenolic OH excluding ortho intramolecular Hbond substituents is 1. The number of aromatic amines is 1. The van der Waals surface area contributed by atoms with Crippen LogP contribution in [0, 0.1) is 0 Å². The molecule has 0 atom stereocenters. The van der Waals surface area contributed by atoms with E-state index in [-0.39, 0.29) is 11.9 Å². The summed E-state index contributed by atoms with van der Waals surface area (Å²) < 4.78 is 5.98. The number of nitrogens with one attached hydrogen (secondary N) is 1. The van der Waals surface area contributed by atoms with Gasteiger partial charge < -0.3 is 9.84 Å². The first-order valence-corrected chi connectivity index (χ1v) is 9.12. The fourth-order valence-electron chi connectivity index (χ4n) is 3.39. The Morgan fingerprint density at radius 1 is 0.962 bits per heavy atom. The molecule has 4 rings (SSSR count). The molecule has 1 fully saturated rings. The van der Waals surface area contributed by atoms with Crippen molar-refractivity contribution in [1.82, 2.24) is 20.4 Å². The molecule has 0 aliphatic heterocycles. The third-order valence-corrected chi connectivity index (χ3v) is 4.83. The second kappa shape index (κ2) is 7.56. The van der Waals surface area contributed by atoms with Gasteiger partial charge in [-0.1, -0.05) is 18.9 Å². The molecule has 2 N–H and O–H groups in total. The zero-order valence-electron chi connectivity index (χ0n) is 14.6. The Labute approximate surface area is 152 Å². The van der Waals surface area contributed by atoms with E-state index in [1.165, 1.54) is 25.7 Å². The van der Waals surface area contributed by atoms with Gasteiger partial charge in [0, 0.05) is 23.4 Å². The number of ether oxygens (including phenoxy) is 1. The third-order valence-electron chi connectivity index (χ3n) is 4.83. The van der Waals surface area contributed by atoms with Crippen LogP contribution in [-0.4, -0.2) is 31.6 Å². The summed E-state index contributed by atoms with van der Waals surface area (Å²) in [5.74, 6) is 0.714. The van der Waals surface area contributed by atoms with Crippen LogP contribution in [0.3, 0.4) is 0 Å². The number of H-pyrrole nitrogens is 1. The highest BCUT2D eigenvalue weighted by atomic mass is 16.5. The van der Waals surface area contributed by atoms with Gasteiger partial charge in [0.2, 0.25) is 5.88 Å². The lowest BCUT2D eigenvalue weighted by Gasteiger charge is -2.15. The van der Waals surface area contributed by atoms with Crippen LogP contribution in [0.2, 0.25) is 0 Å². The monoisotopic (exact) mass is 350 g/mol. The highest BCUT2D eigenvalue weighted by Gasteiger charge is 2.15. The molecule has 6 heteroatoms. The van der Waals surface area contributed by atoms with Crippen molar-refractivity contribution in [3.63, 3.8) is 0 Å². The van der Waals surface area contributed by atoms with E-state index < -0.39 is 0 Å². The Bertz CT molecular complexity index is 839. The quantitative estimate of drug-likeness (QED) is 0.684. The van der Waals surface area contributed by atoms with Gasteiger partial charge >= 0.3 is 0 Å². The summed E-state index contributed by atoms with van der Waals surface area (Å²) in [4.78, 5) is 0. The maximum Gasteiger partial charge on any atom is 0.233 e. The van der Waals surface area contributed by atoms with Gasteiger partial charge in [0.05, 0.1) is 11.9 Å². The molecule has 6 nitrogen and oxygen atoms in total. The predicted molar refractivity (Wildman–Crippen MR) is 98.8 cm³/mol. The molecule has 0 spiro atoms. The predicted octanol–water partition coefficient (Wildman–Crippen LogP) is 4.34. The molecular formula is C20H22N4O2. The molecule has 2 aromatic heterocycles. The number of rotatable bonds is 4. The summed E-state index contributed by atoms with van der Waals surface area (Å²) in [6, 6.07) is 9.14. The van der Waals surface area contributed by atoms with Crippen molar-refractivity contribution in [3.8, 4) is 34.0 Å². The van der Waals surface area contributed by atoms with Crippen LogP contribution in [0.1, 0.15) is 38.5 Å². The Balaban J connectivity index is 1.49. The molecule has 1 aromatic carbocycles. The minimum Gasteiger partial charge on any atom is -0.507 e. The smallest absolute Gasteiger partial charge is 0.233 e. The van der Waals surface area contributed by atoms with Crippen LogP contribution in [0.15, 0.2) is 42.7 Å². The van der Waals surface area contributed by atoms with Gasteiger partial charge in [-0.3, -0.25) is 5.10 Å². The standard InChI is InChI=1S/C20H22N4O2/c25-19-11-14(15-12-21-22-13-15)7-8-17(19)18-9-10-20(24-23-18)26-16-5-3-1-2-4-6-16/h7-13,16,25H,1-6H2,(H,21,22). The van der Waals surface area contributed by atoms with Crippen molar-refractivity contribution in [2.75, 3.05) is 0 Å². The molecule has 0 radical (unpaired) electrons. The molecule has 2 heterocycles. The number of hydrogen-bond acceptors (Lipinski definition) is 5. The second-order valence-electron chi connectivity index (χ2n) is 6.71. The molecule has 3 aromatic rings. The summed E-state index contributed by atoms with van der Waals surface area (Å²) in [6.45, 7) is 0. The Morgan fingerprint density at radius 3 is 2.46 bits per heavy atom. The molecule has 1 saturated carbocycles. The van der Waals surface area contributed by atoms with E-state index in [4.69, 9.17) is 4.74 Å². The fraction of sp³-hybridized carbons (Fsp3) is 0.350. The van der Waals surface area contributed by atoms with Crippen LogP contribution in [0.5, 0.6) is 11.6 Å². The van der Waals surface area contributed by atoms with Gasteiger partial charge in [-0.05, 0) is 49.4 Å². The largest absolute Gasteiger partial charge is 0.507 e. The van der Waals surface area contributed by atoms with Crippen molar-refractivity contribution < 1.29 is 9.84 Å². The Kier molecular flexibility index (Phi) is 4.82. The van der Waals surface area contributed by atoms with Gasteiger partial charge in [0.15, 0.2) is 0 Å². The molecule has 0 bridgehead atoms. The zero-order valence-corrected chi connectivity index (χ0v) is 14.6. The SMILES string of the molecule is Oc1cc(-c2cn[nH]c2)ccc1-c1ccc(OC2CCCCCC2)nn1. The zero-order chi connectivity index (χ0) is 17.8. The molecular weight excluding hydrogens is 328 g/mol. The van der Waals surface area contributed by atoms with Crippen molar-refractivity contribution >= 4 is 0 Å². The van der Waals surface area contributed by atoms with Gasteiger partial charge in [-0.15, -0.1) is 10.2 Å². The lowest BCUT2D eigenvalue weighted by atomic mass is 10.0. The lowest BCUT2D eigenvalue weighted by molar-refractivity contribution is 0.174. The highest BCUT2D eigenvalue weighted by molar-refractivity contribution is 5.73. The number of aromatic nitrogens is 4. The van der Waals surface area contributed by atoms with E-state index in [2.05, 4.69) is 20.4 Å². The summed E-state index contributed by atoms with van der Waals surface area (Å²) in [6.07, 6.45) is 10.9. The van der Waals surface area contributed by atoms with Crippen molar-refractivity contribution in [2.45, 2.75) is 44.6 Å². The van der Waals surface area contributed by atoms with Crippen molar-refractivity contribution in [1.29, 1.82) is 0 Å². The molecule has 0 unspecified atom stereocenters. The molecule has 1 aliphatic carbocycles. The first-order chi connectivity index (χ1) is 12.8. The van der Waals surface area contributed by atoms with E-state index in [1.807, 2.05) is 24.3 Å². The first kappa shape index (κ1) is 16.6. The average molecular weight is 350 g/mol. The van der Waals surface area contributed by atoms with E-state index in [0.29, 0.717) is 17.1 Å². The van der Waals surface area contributed by atoms with E-state index in [9.17, 15) is 5.11 Å². The summed E-state index contributed by atoms with van der Waals surface area (Å²) >= 11 is 0. The number of hydrogen-bond donors (Lipinski definition) is 2. The van der Waals surface area contributed by atoms with Crippen LogP contribution in [-0.2, 0) is 0 Å². The van der Waals surface area contributed by atoms with Crippen LogP contribution in [0.4, 0.5) is 0 Å². The highest BCUT2D eigenvalue weighted by Crippen LogP contribution is 2.32. The summed E-state index contributed by atoms with van der Waals surface area (Å²) in [7, 11) is 0. The van der Waals surface area contributed by atoms with E-state index in [0.717, 1.165) is 24.0 Å². The minimum absolute atomic E-state index is 0.162. The maximum absolute atomic E-state index is 10.4. The molecule has 1 aliphatic rings. The number of phenols is 1. The normalized spacial score (nSPS) is 15.5. The van der Waals surface area contributed by atoms with Gasteiger partial charge in [0.25, 0.3) is 0 Å². The Morgan fingerprint density at radius 2 is 1.81 bits per heavy atom.